The predicted molar refractivity (Wildman–Crippen MR) is 157 cm³/mol. The number of aromatic nitrogens is 1. The number of H-pyrrole nitrogens is 1. The molecule has 0 unspecified atom stereocenters. The van der Waals surface area contributed by atoms with Crippen molar-refractivity contribution >= 4 is 33.4 Å². The van der Waals surface area contributed by atoms with Crippen LogP contribution in [0.4, 0.5) is 0 Å². The van der Waals surface area contributed by atoms with Gasteiger partial charge in [-0.3, -0.25) is 4.79 Å². The van der Waals surface area contributed by atoms with Gasteiger partial charge in [-0.05, 0) is 51.3 Å². The Labute approximate surface area is 217 Å². The number of benzene rings is 1. The largest absolute Gasteiger partial charge is 0.517 e. The standard InChI is InChI=1S/C29H52N2O2Si2/c1-19(2)34(20(3)4,21(5)6)31-28(17-25-18-30-27-16-14-13-15-26(25)27)29(32)33-35(22(7)8,23(9)10)24(11)12/h13-16,18-24,28,30-31H,17H2,1-12H3/t28-/m0/s1. The van der Waals surface area contributed by atoms with Crippen LogP contribution >= 0.6 is 0 Å². The summed E-state index contributed by atoms with van der Waals surface area (Å²) < 4.78 is 6.78. The third-order valence-electron chi connectivity index (χ3n) is 8.66. The Morgan fingerprint density at radius 2 is 1.29 bits per heavy atom. The number of para-hydroxylation sites is 1. The topological polar surface area (TPSA) is 54.1 Å². The molecule has 0 saturated carbocycles. The monoisotopic (exact) mass is 516 g/mol. The maximum Gasteiger partial charge on any atom is 0.309 e. The van der Waals surface area contributed by atoms with Crippen molar-refractivity contribution in [2.45, 2.75) is 129 Å². The minimum absolute atomic E-state index is 0.0446. The molecule has 1 heterocycles. The Bertz CT molecular complexity index is 919. The van der Waals surface area contributed by atoms with Crippen LogP contribution < -0.4 is 4.98 Å². The molecule has 0 amide bonds. The summed E-state index contributed by atoms with van der Waals surface area (Å²) in [7, 11) is -4.40. The van der Waals surface area contributed by atoms with Gasteiger partial charge in [-0.1, -0.05) is 101 Å². The summed E-state index contributed by atoms with van der Waals surface area (Å²) in [5, 5.41) is 1.19. The van der Waals surface area contributed by atoms with Crippen molar-refractivity contribution in [1.82, 2.24) is 9.97 Å². The van der Waals surface area contributed by atoms with Crippen LogP contribution in [0.25, 0.3) is 10.9 Å². The van der Waals surface area contributed by atoms with Crippen molar-refractivity contribution in [3.8, 4) is 0 Å². The zero-order valence-corrected chi connectivity index (χ0v) is 26.5. The van der Waals surface area contributed by atoms with Crippen molar-refractivity contribution in [3.05, 3.63) is 36.0 Å². The van der Waals surface area contributed by atoms with Gasteiger partial charge in [-0.25, -0.2) is 0 Å². The number of rotatable bonds is 12. The third kappa shape index (κ3) is 5.80. The van der Waals surface area contributed by atoms with E-state index in [0.717, 1.165) is 5.52 Å². The van der Waals surface area contributed by atoms with Crippen molar-refractivity contribution in [2.75, 3.05) is 0 Å². The molecule has 1 aromatic heterocycles. The van der Waals surface area contributed by atoms with Gasteiger partial charge in [0.25, 0.3) is 8.32 Å². The fraction of sp³-hybridized carbons (Fsp3) is 0.690. The first-order valence-electron chi connectivity index (χ1n) is 13.8. The molecular formula is C29H52N2O2Si2. The van der Waals surface area contributed by atoms with E-state index in [0.29, 0.717) is 39.7 Å². The first-order valence-corrected chi connectivity index (χ1v) is 18.1. The minimum Gasteiger partial charge on any atom is -0.517 e. The Balaban J connectivity index is 2.58. The summed E-state index contributed by atoms with van der Waals surface area (Å²) in [6.45, 7) is 27.5. The second-order valence-corrected chi connectivity index (χ2v) is 23.4. The van der Waals surface area contributed by atoms with Gasteiger partial charge in [0.1, 0.15) is 14.3 Å². The fourth-order valence-electron chi connectivity index (χ4n) is 7.11. The zero-order valence-electron chi connectivity index (χ0n) is 24.5. The minimum atomic E-state index is -2.35. The Morgan fingerprint density at radius 3 is 1.74 bits per heavy atom. The number of nitrogens with one attached hydrogen (secondary N) is 2. The van der Waals surface area contributed by atoms with Crippen LogP contribution in [-0.4, -0.2) is 33.5 Å². The highest BCUT2D eigenvalue weighted by atomic mass is 28.4. The lowest BCUT2D eigenvalue weighted by Gasteiger charge is -2.47. The van der Waals surface area contributed by atoms with Gasteiger partial charge >= 0.3 is 5.97 Å². The van der Waals surface area contributed by atoms with Crippen molar-refractivity contribution in [1.29, 1.82) is 0 Å². The van der Waals surface area contributed by atoms with E-state index < -0.39 is 16.6 Å². The Morgan fingerprint density at radius 1 is 0.800 bits per heavy atom. The van der Waals surface area contributed by atoms with Gasteiger partial charge in [-0.2, -0.15) is 0 Å². The van der Waals surface area contributed by atoms with E-state index in [9.17, 15) is 4.79 Å². The first-order chi connectivity index (χ1) is 16.2. The molecule has 0 aliphatic carbocycles. The summed E-state index contributed by atoms with van der Waals surface area (Å²) in [6.07, 6.45) is 2.72. The normalized spacial score (nSPS) is 14.3. The van der Waals surface area contributed by atoms with E-state index in [1.807, 2.05) is 0 Å². The second-order valence-electron chi connectivity index (χ2n) is 12.4. The van der Waals surface area contributed by atoms with E-state index in [-0.39, 0.29) is 12.0 Å². The second kappa shape index (κ2) is 11.8. The van der Waals surface area contributed by atoms with E-state index in [1.54, 1.807) is 0 Å². The predicted octanol–water partition coefficient (Wildman–Crippen LogP) is 8.56. The molecule has 1 atom stereocenters. The summed E-state index contributed by atoms with van der Waals surface area (Å²) in [5.74, 6) is -0.0446. The summed E-state index contributed by atoms with van der Waals surface area (Å²) in [6, 6.07) is 8.02. The van der Waals surface area contributed by atoms with Crippen LogP contribution in [0.15, 0.2) is 30.5 Å². The maximum atomic E-state index is 14.2. The molecule has 1 aromatic carbocycles. The molecule has 0 aliphatic heterocycles. The van der Waals surface area contributed by atoms with Crippen LogP contribution in [0.1, 0.15) is 88.6 Å². The van der Waals surface area contributed by atoms with Gasteiger partial charge in [0.2, 0.25) is 0 Å². The molecule has 0 fully saturated rings. The molecule has 0 saturated heterocycles. The van der Waals surface area contributed by atoms with Gasteiger partial charge in [0, 0.05) is 17.1 Å². The maximum absolute atomic E-state index is 14.2. The lowest BCUT2D eigenvalue weighted by molar-refractivity contribution is -0.137. The van der Waals surface area contributed by atoms with E-state index in [1.165, 1.54) is 10.9 Å². The molecule has 4 nitrogen and oxygen atoms in total. The van der Waals surface area contributed by atoms with Gasteiger partial charge in [0.15, 0.2) is 0 Å². The molecule has 2 aromatic rings. The third-order valence-corrected chi connectivity index (χ3v) is 21.2. The van der Waals surface area contributed by atoms with Crippen molar-refractivity contribution < 1.29 is 9.22 Å². The lowest BCUT2D eigenvalue weighted by Crippen LogP contribution is -2.64. The van der Waals surface area contributed by atoms with Crippen LogP contribution in [0.5, 0.6) is 0 Å². The summed E-state index contributed by atoms with van der Waals surface area (Å²) in [5.41, 5.74) is 4.90. The number of hydrogen-bond acceptors (Lipinski definition) is 3. The average Bonchev–Trinajstić information content (AvgIpc) is 3.15. The molecular weight excluding hydrogens is 465 g/mol. The highest BCUT2D eigenvalue weighted by Crippen LogP contribution is 2.43. The SMILES string of the molecule is CC(C)[Si](N[C@@H](Cc1c[nH]c2ccccc12)C(=O)O[Si](C(C)C)(C(C)C)C(C)C)(C(C)C)C(C)C. The summed E-state index contributed by atoms with van der Waals surface area (Å²) >= 11 is 0. The van der Waals surface area contributed by atoms with Crippen LogP contribution in [-0.2, 0) is 15.6 Å². The fourth-order valence-corrected chi connectivity index (χ4v) is 18.1. The van der Waals surface area contributed by atoms with Crippen molar-refractivity contribution in [3.63, 3.8) is 0 Å². The number of aromatic amines is 1. The molecule has 0 spiro atoms. The van der Waals surface area contributed by atoms with Crippen LogP contribution in [0.3, 0.4) is 0 Å². The molecule has 0 bridgehead atoms. The number of carbonyl (C=O) groups is 1. The molecule has 35 heavy (non-hydrogen) atoms. The molecule has 198 valence electrons. The first kappa shape index (κ1) is 29.9. The van der Waals surface area contributed by atoms with E-state index in [2.05, 4.69) is 124 Å². The molecule has 2 N–H and O–H groups in total. The molecule has 6 heteroatoms. The number of hydrogen-bond donors (Lipinski definition) is 2. The lowest BCUT2D eigenvalue weighted by atomic mass is 10.1. The number of carbonyl (C=O) groups excluding carboxylic acids is 1. The van der Waals surface area contributed by atoms with Crippen LogP contribution in [0, 0.1) is 0 Å². The summed E-state index contributed by atoms with van der Waals surface area (Å²) in [4.78, 5) is 21.7. The van der Waals surface area contributed by atoms with Gasteiger partial charge in [0.05, 0.1) is 0 Å². The van der Waals surface area contributed by atoms with E-state index in [4.69, 9.17) is 4.43 Å². The Kier molecular flexibility index (Phi) is 10.0. The smallest absolute Gasteiger partial charge is 0.309 e. The van der Waals surface area contributed by atoms with Gasteiger partial charge in [-0.15, -0.1) is 0 Å². The number of fused-ring (bicyclic) bond motifs is 1. The highest BCUT2D eigenvalue weighted by Gasteiger charge is 2.51. The Hall–Kier alpha value is -1.38. The molecule has 0 radical (unpaired) electrons. The van der Waals surface area contributed by atoms with Gasteiger partial charge < -0.3 is 14.4 Å². The van der Waals surface area contributed by atoms with E-state index >= 15 is 0 Å². The van der Waals surface area contributed by atoms with Crippen molar-refractivity contribution in [2.24, 2.45) is 0 Å². The molecule has 0 aliphatic rings. The quantitative estimate of drug-likeness (QED) is 0.278. The molecule has 2 rings (SSSR count). The highest BCUT2D eigenvalue weighted by molar-refractivity contribution is 6.81. The average molecular weight is 517 g/mol. The van der Waals surface area contributed by atoms with Crippen LogP contribution in [0.2, 0.25) is 33.2 Å². The zero-order chi connectivity index (χ0) is 26.7.